The molecule has 0 bridgehead atoms. The first-order valence-corrected chi connectivity index (χ1v) is 23.7. The highest BCUT2D eigenvalue weighted by molar-refractivity contribution is 6.99. The highest BCUT2D eigenvalue weighted by Gasteiger charge is 2.50. The van der Waals surface area contributed by atoms with Crippen molar-refractivity contribution in [2.45, 2.75) is 25.8 Å². The SMILES string of the molecule is CC(C)(C)[Si](OCCOCCOCCOCCOCCOCCOCCOCCOCCOCCOCCOCCOc1ccc(C=O)cc1)(c1ccccc1)c1ccccc1. The number of ether oxygens (including phenoxy) is 12. The van der Waals surface area contributed by atoms with Gasteiger partial charge in [-0.25, -0.2) is 0 Å². The van der Waals surface area contributed by atoms with Crippen molar-refractivity contribution in [3.63, 3.8) is 0 Å². The average molecular weight is 889 g/mol. The summed E-state index contributed by atoms with van der Waals surface area (Å²) in [5, 5.41) is 2.46. The van der Waals surface area contributed by atoms with Gasteiger partial charge in [0.2, 0.25) is 0 Å². The van der Waals surface area contributed by atoms with Crippen molar-refractivity contribution >= 4 is 25.0 Å². The van der Waals surface area contributed by atoms with Gasteiger partial charge in [-0.3, -0.25) is 4.79 Å². The first kappa shape index (κ1) is 53.2. The summed E-state index contributed by atoms with van der Waals surface area (Å²) >= 11 is 0. The van der Waals surface area contributed by atoms with Crippen LogP contribution in [0.3, 0.4) is 0 Å². The highest BCUT2D eigenvalue weighted by atomic mass is 28.4. The number of carbonyl (C=O) groups is 1. The molecule has 0 radical (unpaired) electrons. The van der Waals surface area contributed by atoms with Gasteiger partial charge in [-0.2, -0.15) is 0 Å². The second kappa shape index (κ2) is 35.2. The van der Waals surface area contributed by atoms with Crippen molar-refractivity contribution < 1.29 is 66.1 Å². The molecule has 0 aliphatic rings. The molecule has 0 heterocycles. The van der Waals surface area contributed by atoms with Crippen molar-refractivity contribution in [1.29, 1.82) is 0 Å². The molecule has 0 unspecified atom stereocenters. The van der Waals surface area contributed by atoms with E-state index in [4.69, 9.17) is 61.3 Å². The van der Waals surface area contributed by atoms with Gasteiger partial charge in [0.05, 0.1) is 152 Å². The lowest BCUT2D eigenvalue weighted by Crippen LogP contribution is -2.66. The number of hydrogen-bond acceptors (Lipinski definition) is 14. The monoisotopic (exact) mass is 888 g/mol. The van der Waals surface area contributed by atoms with Crippen LogP contribution in [-0.4, -0.2) is 173 Å². The van der Waals surface area contributed by atoms with Crippen LogP contribution in [0.4, 0.5) is 0 Å². The predicted octanol–water partition coefficient (Wildman–Crippen LogP) is 4.64. The molecular formula is C47H72O14Si. The molecule has 3 aromatic carbocycles. The van der Waals surface area contributed by atoms with Gasteiger partial charge in [0.15, 0.2) is 0 Å². The van der Waals surface area contributed by atoms with Crippen LogP contribution in [0.2, 0.25) is 5.04 Å². The lowest BCUT2D eigenvalue weighted by atomic mass is 10.2. The molecule has 15 heteroatoms. The van der Waals surface area contributed by atoms with Crippen LogP contribution in [-0.2, 0) is 56.5 Å². The van der Waals surface area contributed by atoms with Crippen LogP contribution < -0.4 is 15.1 Å². The largest absolute Gasteiger partial charge is 0.491 e. The van der Waals surface area contributed by atoms with E-state index in [1.807, 2.05) is 0 Å². The Kier molecular flexibility index (Phi) is 30.2. The van der Waals surface area contributed by atoms with Gasteiger partial charge in [0.1, 0.15) is 18.6 Å². The van der Waals surface area contributed by atoms with E-state index in [-0.39, 0.29) is 5.04 Å². The minimum absolute atomic E-state index is 0.0623. The van der Waals surface area contributed by atoms with Crippen LogP contribution in [0.25, 0.3) is 0 Å². The Balaban J connectivity index is 0.972. The Hall–Kier alpha value is -3.13. The third-order valence-corrected chi connectivity index (χ3v) is 14.2. The number of carbonyl (C=O) groups excluding carboxylic acids is 1. The Bertz CT molecular complexity index is 1420. The third-order valence-electron chi connectivity index (χ3n) is 9.20. The zero-order valence-electron chi connectivity index (χ0n) is 37.3. The van der Waals surface area contributed by atoms with Crippen molar-refractivity contribution in [3.8, 4) is 5.75 Å². The summed E-state index contributed by atoms with van der Waals surface area (Å²) in [4.78, 5) is 10.7. The van der Waals surface area contributed by atoms with Gasteiger partial charge in [0, 0.05) is 5.56 Å². The molecule has 62 heavy (non-hydrogen) atoms. The molecule has 348 valence electrons. The maximum Gasteiger partial charge on any atom is 0.261 e. The number of aldehydes is 1. The molecule has 0 aliphatic carbocycles. The Morgan fingerprint density at radius 3 is 0.919 bits per heavy atom. The third kappa shape index (κ3) is 23.5. The molecule has 0 N–H and O–H groups in total. The zero-order valence-corrected chi connectivity index (χ0v) is 38.3. The summed E-state index contributed by atoms with van der Waals surface area (Å²) in [6.45, 7) is 18.6. The summed E-state index contributed by atoms with van der Waals surface area (Å²) < 4.78 is 73.6. The normalized spacial score (nSPS) is 11.9. The van der Waals surface area contributed by atoms with Gasteiger partial charge in [-0.05, 0) is 39.7 Å². The quantitative estimate of drug-likeness (QED) is 0.0445. The molecule has 0 aliphatic heterocycles. The van der Waals surface area contributed by atoms with E-state index in [2.05, 4.69) is 81.4 Å². The van der Waals surface area contributed by atoms with Crippen molar-refractivity contribution in [2.24, 2.45) is 0 Å². The van der Waals surface area contributed by atoms with Crippen LogP contribution in [0.1, 0.15) is 31.1 Å². The highest BCUT2D eigenvalue weighted by Crippen LogP contribution is 2.36. The molecular weight excluding hydrogens is 817 g/mol. The maximum absolute atomic E-state index is 10.7. The van der Waals surface area contributed by atoms with Gasteiger partial charge in [0.25, 0.3) is 8.32 Å². The summed E-state index contributed by atoms with van der Waals surface area (Å²) in [5.74, 6) is 0.702. The minimum Gasteiger partial charge on any atom is -0.491 e. The first-order chi connectivity index (χ1) is 30.5. The topological polar surface area (TPSA) is 137 Å². The first-order valence-electron chi connectivity index (χ1n) is 21.8. The molecule has 3 rings (SSSR count). The van der Waals surface area contributed by atoms with Crippen LogP contribution >= 0.6 is 0 Å². The molecule has 0 spiro atoms. The van der Waals surface area contributed by atoms with Crippen molar-refractivity contribution in [1.82, 2.24) is 0 Å². The second-order valence-corrected chi connectivity index (χ2v) is 19.1. The summed E-state index contributed by atoms with van der Waals surface area (Å²) in [6, 6.07) is 28.2. The Morgan fingerprint density at radius 2 is 0.645 bits per heavy atom. The van der Waals surface area contributed by atoms with E-state index >= 15 is 0 Å². The van der Waals surface area contributed by atoms with E-state index < -0.39 is 8.32 Å². The molecule has 0 atom stereocenters. The smallest absolute Gasteiger partial charge is 0.261 e. The van der Waals surface area contributed by atoms with Gasteiger partial charge in [-0.1, -0.05) is 81.4 Å². The van der Waals surface area contributed by atoms with Gasteiger partial charge < -0.3 is 61.3 Å². The van der Waals surface area contributed by atoms with E-state index in [1.54, 1.807) is 24.3 Å². The zero-order chi connectivity index (χ0) is 44.1. The predicted molar refractivity (Wildman–Crippen MR) is 240 cm³/mol. The lowest BCUT2D eigenvalue weighted by molar-refractivity contribution is -0.0279. The molecule has 0 aromatic heterocycles. The second-order valence-electron chi connectivity index (χ2n) is 14.8. The Labute approximate surface area is 370 Å². The van der Waals surface area contributed by atoms with Crippen LogP contribution in [0.5, 0.6) is 5.75 Å². The molecule has 0 fully saturated rings. The lowest BCUT2D eigenvalue weighted by Gasteiger charge is -2.43. The summed E-state index contributed by atoms with van der Waals surface area (Å²) in [7, 11) is -2.55. The fourth-order valence-corrected chi connectivity index (χ4v) is 10.7. The molecule has 3 aromatic rings. The van der Waals surface area contributed by atoms with Crippen LogP contribution in [0.15, 0.2) is 84.9 Å². The minimum atomic E-state index is -2.55. The van der Waals surface area contributed by atoms with E-state index in [1.165, 1.54) is 10.4 Å². The fraction of sp³-hybridized carbons (Fsp3) is 0.596. The van der Waals surface area contributed by atoms with Gasteiger partial charge >= 0.3 is 0 Å². The number of benzene rings is 3. The Morgan fingerprint density at radius 1 is 0.371 bits per heavy atom. The van der Waals surface area contributed by atoms with Crippen LogP contribution in [0, 0.1) is 0 Å². The number of rotatable bonds is 41. The maximum atomic E-state index is 10.7. The van der Waals surface area contributed by atoms with E-state index in [9.17, 15) is 4.79 Å². The molecule has 0 amide bonds. The fourth-order valence-electron chi connectivity index (χ4n) is 6.18. The molecule has 0 saturated heterocycles. The van der Waals surface area contributed by atoms with E-state index in [0.717, 1.165) is 6.29 Å². The number of hydrogen-bond donors (Lipinski definition) is 0. The van der Waals surface area contributed by atoms with E-state index in [0.29, 0.717) is 170 Å². The standard InChI is InChI=1S/C47H72O14Si/c1-47(2,3)62(45-10-6-4-7-11-45,46-12-8-5-9-13-46)61-41-39-59-37-35-57-33-31-55-29-27-53-25-23-51-21-19-49-18-20-50-22-24-52-26-28-54-30-32-56-34-36-58-38-40-60-44-16-14-43(42-48)15-17-44/h4-17,42H,18-41H2,1-3H3. The summed E-state index contributed by atoms with van der Waals surface area (Å²) in [5.41, 5.74) is 0.616. The van der Waals surface area contributed by atoms with Gasteiger partial charge in [-0.15, -0.1) is 0 Å². The molecule has 0 saturated carbocycles. The summed E-state index contributed by atoms with van der Waals surface area (Å²) in [6.07, 6.45) is 0.799. The van der Waals surface area contributed by atoms with Crippen molar-refractivity contribution in [3.05, 3.63) is 90.5 Å². The molecule has 14 nitrogen and oxygen atoms in total. The van der Waals surface area contributed by atoms with Crippen molar-refractivity contribution in [2.75, 3.05) is 159 Å². The average Bonchev–Trinajstić information content (AvgIpc) is 3.29.